The van der Waals surface area contributed by atoms with Crippen LogP contribution in [0.5, 0.6) is 0 Å². The topological polar surface area (TPSA) is 29.9 Å². The molecule has 0 fully saturated rings. The van der Waals surface area contributed by atoms with Gasteiger partial charge in [-0.25, -0.2) is 0 Å². The van der Waals surface area contributed by atoms with E-state index >= 15 is 0 Å². The zero-order chi connectivity index (χ0) is 13.7. The van der Waals surface area contributed by atoms with Gasteiger partial charge in [0.1, 0.15) is 0 Å². The molecule has 19 heavy (non-hydrogen) atoms. The largest absolute Gasteiger partial charge is 0.307 e. The third kappa shape index (κ3) is 3.38. The molecule has 102 valence electrons. The lowest BCUT2D eigenvalue weighted by Crippen LogP contribution is -2.42. The summed E-state index contributed by atoms with van der Waals surface area (Å²) in [5.41, 5.74) is 0.0362. The number of nitrogens with one attached hydrogen (secondary N) is 1. The molecule has 0 saturated heterocycles. The average molecular weight is 265 g/mol. The number of hydrogen-bond acceptors (Lipinski definition) is 2. The van der Waals surface area contributed by atoms with E-state index in [1.807, 2.05) is 12.3 Å². The van der Waals surface area contributed by atoms with Crippen molar-refractivity contribution in [3.8, 4) is 0 Å². The Morgan fingerprint density at radius 3 is 2.63 bits per heavy atom. The van der Waals surface area contributed by atoms with Crippen LogP contribution in [-0.2, 0) is 12.5 Å². The van der Waals surface area contributed by atoms with E-state index in [1.165, 1.54) is 19.1 Å². The summed E-state index contributed by atoms with van der Waals surface area (Å²) in [5, 5.41) is 6.87. The Bertz CT molecular complexity index is 483. The van der Waals surface area contributed by atoms with Gasteiger partial charge in [-0.1, -0.05) is 30.3 Å². The van der Waals surface area contributed by atoms with Crippen LogP contribution in [0.4, 0.5) is 8.78 Å². The monoisotopic (exact) mass is 265 g/mol. The molecule has 0 aliphatic heterocycles. The summed E-state index contributed by atoms with van der Waals surface area (Å²) in [6, 6.07) is 8.76. The van der Waals surface area contributed by atoms with Crippen LogP contribution in [0, 0.1) is 0 Å². The highest BCUT2D eigenvalue weighted by atomic mass is 19.3. The summed E-state index contributed by atoms with van der Waals surface area (Å²) in [6.07, 6.45) is 3.48. The van der Waals surface area contributed by atoms with Crippen molar-refractivity contribution in [3.05, 3.63) is 54.4 Å². The van der Waals surface area contributed by atoms with E-state index in [2.05, 4.69) is 10.4 Å². The van der Waals surface area contributed by atoms with Crippen molar-refractivity contribution >= 4 is 0 Å². The Balaban J connectivity index is 1.90. The summed E-state index contributed by atoms with van der Waals surface area (Å²) in [4.78, 5) is 0. The molecule has 5 heteroatoms. The van der Waals surface area contributed by atoms with Gasteiger partial charge in [0, 0.05) is 24.5 Å². The summed E-state index contributed by atoms with van der Waals surface area (Å²) in [6.45, 7) is 2.52. The van der Waals surface area contributed by atoms with Crippen LogP contribution in [0.25, 0.3) is 0 Å². The summed E-state index contributed by atoms with van der Waals surface area (Å²) in [7, 11) is 0. The predicted octanol–water partition coefficient (Wildman–Crippen LogP) is 2.65. The zero-order valence-electron chi connectivity index (χ0n) is 10.8. The zero-order valence-corrected chi connectivity index (χ0v) is 10.8. The van der Waals surface area contributed by atoms with E-state index in [4.69, 9.17) is 0 Å². The van der Waals surface area contributed by atoms with Gasteiger partial charge in [-0.15, -0.1) is 0 Å². The van der Waals surface area contributed by atoms with E-state index in [1.54, 1.807) is 29.1 Å². The van der Waals surface area contributed by atoms with Gasteiger partial charge < -0.3 is 5.32 Å². The maximum absolute atomic E-state index is 14.1. The SMILES string of the molecule is CC(NCCn1cccn1)C(F)(F)c1ccccc1. The maximum Gasteiger partial charge on any atom is 0.287 e. The lowest BCUT2D eigenvalue weighted by Gasteiger charge is -2.25. The Morgan fingerprint density at radius 2 is 2.00 bits per heavy atom. The number of hydrogen-bond donors (Lipinski definition) is 1. The van der Waals surface area contributed by atoms with Gasteiger partial charge in [-0.3, -0.25) is 4.68 Å². The first-order valence-electron chi connectivity index (χ1n) is 6.25. The third-order valence-corrected chi connectivity index (χ3v) is 3.05. The van der Waals surface area contributed by atoms with E-state index < -0.39 is 12.0 Å². The molecule has 0 radical (unpaired) electrons. The molecule has 3 nitrogen and oxygen atoms in total. The highest BCUT2D eigenvalue weighted by molar-refractivity contribution is 5.21. The molecule has 0 saturated carbocycles. The Labute approximate surface area is 111 Å². The lowest BCUT2D eigenvalue weighted by atomic mass is 10.0. The van der Waals surface area contributed by atoms with Crippen molar-refractivity contribution in [3.63, 3.8) is 0 Å². The standard InChI is InChI=1S/C14H17F2N3/c1-12(17-9-11-19-10-5-8-18-19)14(15,16)13-6-3-2-4-7-13/h2-8,10,12,17H,9,11H2,1H3. The maximum atomic E-state index is 14.1. The van der Waals surface area contributed by atoms with Gasteiger partial charge in [-0.2, -0.15) is 13.9 Å². The molecule has 0 spiro atoms. The first-order valence-corrected chi connectivity index (χ1v) is 6.25. The van der Waals surface area contributed by atoms with E-state index in [-0.39, 0.29) is 5.56 Å². The van der Waals surface area contributed by atoms with Crippen LogP contribution in [0.3, 0.4) is 0 Å². The number of nitrogens with zero attached hydrogens (tertiary/aromatic N) is 2. The van der Waals surface area contributed by atoms with E-state index in [0.29, 0.717) is 13.1 Å². The van der Waals surface area contributed by atoms with Crippen molar-refractivity contribution in [2.24, 2.45) is 0 Å². The Morgan fingerprint density at radius 1 is 1.26 bits per heavy atom. The molecule has 0 bridgehead atoms. The van der Waals surface area contributed by atoms with Crippen LogP contribution in [0.15, 0.2) is 48.8 Å². The Hall–Kier alpha value is -1.75. The molecule has 1 unspecified atom stereocenters. The molecule has 0 aliphatic carbocycles. The number of aromatic nitrogens is 2. The smallest absolute Gasteiger partial charge is 0.287 e. The van der Waals surface area contributed by atoms with Gasteiger partial charge in [-0.05, 0) is 13.0 Å². The first kappa shape index (κ1) is 13.7. The minimum atomic E-state index is -2.88. The fourth-order valence-corrected chi connectivity index (χ4v) is 1.87. The Kier molecular flexibility index (Phi) is 4.27. The number of rotatable bonds is 6. The van der Waals surface area contributed by atoms with Crippen molar-refractivity contribution in [1.82, 2.24) is 15.1 Å². The minimum Gasteiger partial charge on any atom is -0.307 e. The molecule has 0 aliphatic rings. The third-order valence-electron chi connectivity index (χ3n) is 3.05. The van der Waals surface area contributed by atoms with Crippen LogP contribution in [0.2, 0.25) is 0 Å². The predicted molar refractivity (Wildman–Crippen MR) is 70.0 cm³/mol. The quantitative estimate of drug-likeness (QED) is 0.870. The molecule has 1 aromatic heterocycles. The minimum absolute atomic E-state index is 0.0362. The fourth-order valence-electron chi connectivity index (χ4n) is 1.87. The molecule has 1 heterocycles. The molecular weight excluding hydrogens is 248 g/mol. The molecule has 2 aromatic rings. The average Bonchev–Trinajstić information content (AvgIpc) is 2.93. The molecule has 2 rings (SSSR count). The number of halogens is 2. The van der Waals surface area contributed by atoms with Gasteiger partial charge in [0.25, 0.3) is 5.92 Å². The summed E-state index contributed by atoms with van der Waals surface area (Å²) in [5.74, 6) is -2.88. The van der Waals surface area contributed by atoms with Crippen molar-refractivity contribution in [2.75, 3.05) is 6.54 Å². The molecular formula is C14H17F2N3. The first-order chi connectivity index (χ1) is 9.10. The summed E-state index contributed by atoms with van der Waals surface area (Å²) < 4.78 is 30.0. The van der Waals surface area contributed by atoms with E-state index in [0.717, 1.165) is 0 Å². The van der Waals surface area contributed by atoms with Crippen LogP contribution < -0.4 is 5.32 Å². The highest BCUT2D eigenvalue weighted by Crippen LogP contribution is 2.31. The fraction of sp³-hybridized carbons (Fsp3) is 0.357. The second-order valence-corrected chi connectivity index (χ2v) is 4.43. The van der Waals surface area contributed by atoms with Crippen LogP contribution in [-0.4, -0.2) is 22.4 Å². The van der Waals surface area contributed by atoms with Gasteiger partial charge in [0.2, 0.25) is 0 Å². The second-order valence-electron chi connectivity index (χ2n) is 4.43. The van der Waals surface area contributed by atoms with Crippen LogP contribution >= 0.6 is 0 Å². The lowest BCUT2D eigenvalue weighted by molar-refractivity contribution is -0.0378. The second kappa shape index (κ2) is 5.93. The van der Waals surface area contributed by atoms with Crippen molar-refractivity contribution in [1.29, 1.82) is 0 Å². The van der Waals surface area contributed by atoms with Gasteiger partial charge in [0.05, 0.1) is 12.6 Å². The number of benzene rings is 1. The normalized spacial score (nSPS) is 13.4. The summed E-state index contributed by atoms with van der Waals surface area (Å²) >= 11 is 0. The van der Waals surface area contributed by atoms with Crippen LogP contribution in [0.1, 0.15) is 12.5 Å². The highest BCUT2D eigenvalue weighted by Gasteiger charge is 2.37. The molecule has 1 aromatic carbocycles. The van der Waals surface area contributed by atoms with Crippen molar-refractivity contribution in [2.45, 2.75) is 25.4 Å². The van der Waals surface area contributed by atoms with Gasteiger partial charge in [0.15, 0.2) is 0 Å². The van der Waals surface area contributed by atoms with E-state index in [9.17, 15) is 8.78 Å². The van der Waals surface area contributed by atoms with Crippen molar-refractivity contribution < 1.29 is 8.78 Å². The van der Waals surface area contributed by atoms with Gasteiger partial charge >= 0.3 is 0 Å². The molecule has 0 amide bonds. The number of alkyl halides is 2. The molecule has 1 N–H and O–H groups in total. The molecule has 1 atom stereocenters.